The molecule has 2 saturated heterocycles. The highest BCUT2D eigenvalue weighted by Crippen LogP contribution is 2.40. The largest absolute Gasteiger partial charge is 0.507 e. The van der Waals surface area contributed by atoms with Gasteiger partial charge in [-0.2, -0.15) is 5.10 Å². The molecule has 0 bridgehead atoms. The molecule has 0 spiro atoms. The van der Waals surface area contributed by atoms with Gasteiger partial charge in [0, 0.05) is 26.2 Å². The second-order valence-corrected chi connectivity index (χ2v) is 8.89. The first-order valence-corrected chi connectivity index (χ1v) is 11.9. The summed E-state index contributed by atoms with van der Waals surface area (Å²) in [5.74, 6) is -2.32. The highest BCUT2D eigenvalue weighted by Gasteiger charge is 2.46. The van der Waals surface area contributed by atoms with Crippen LogP contribution in [0.25, 0.3) is 11.4 Å². The summed E-state index contributed by atoms with van der Waals surface area (Å²) in [5, 5.41) is 15.8. The molecule has 2 aliphatic rings. The number of halogens is 1. The number of benzene rings is 2. The van der Waals surface area contributed by atoms with Crippen molar-refractivity contribution in [3.05, 3.63) is 89.0 Å². The number of Topliss-reactive ketones (excluding diaryl/α,β-unsaturated/α-hetero) is 1. The van der Waals surface area contributed by atoms with E-state index < -0.39 is 23.5 Å². The normalized spacial score (nSPS) is 20.3. The van der Waals surface area contributed by atoms with Crippen LogP contribution in [-0.4, -0.2) is 75.8 Å². The molecule has 186 valence electrons. The Morgan fingerprint density at radius 1 is 1.08 bits per heavy atom. The molecule has 3 heterocycles. The number of aliphatic hydroxyl groups excluding tert-OH is 1. The Hall–Kier alpha value is -3.82. The number of aliphatic hydroxyl groups is 1. The van der Waals surface area contributed by atoms with Gasteiger partial charge in [0.15, 0.2) is 0 Å². The van der Waals surface area contributed by atoms with Crippen LogP contribution >= 0.6 is 0 Å². The zero-order valence-corrected chi connectivity index (χ0v) is 19.9. The second-order valence-electron chi connectivity index (χ2n) is 8.89. The molecule has 1 atom stereocenters. The number of ketones is 1. The fourth-order valence-corrected chi connectivity index (χ4v) is 4.82. The Balaban J connectivity index is 1.56. The van der Waals surface area contributed by atoms with Crippen LogP contribution in [0.15, 0.2) is 66.4 Å². The van der Waals surface area contributed by atoms with Gasteiger partial charge in [0.1, 0.15) is 11.6 Å². The number of carbonyl (C=O) groups is 2. The van der Waals surface area contributed by atoms with Crippen LogP contribution < -0.4 is 0 Å². The molecule has 0 aliphatic carbocycles. The van der Waals surface area contributed by atoms with Gasteiger partial charge in [-0.3, -0.25) is 14.5 Å². The minimum absolute atomic E-state index is 0.0664. The number of morpholine rings is 1. The molecule has 0 radical (unpaired) electrons. The molecular weight excluding hydrogens is 463 g/mol. The van der Waals surface area contributed by atoms with Gasteiger partial charge in [-0.1, -0.05) is 30.3 Å². The molecule has 2 aliphatic heterocycles. The lowest BCUT2D eigenvalue weighted by molar-refractivity contribution is -0.140. The summed E-state index contributed by atoms with van der Waals surface area (Å²) in [4.78, 5) is 30.0. The van der Waals surface area contributed by atoms with Gasteiger partial charge in [0.25, 0.3) is 11.7 Å². The van der Waals surface area contributed by atoms with Gasteiger partial charge in [-0.15, -0.1) is 0 Å². The van der Waals surface area contributed by atoms with Crippen LogP contribution in [0.1, 0.15) is 22.9 Å². The quantitative estimate of drug-likeness (QED) is 0.325. The van der Waals surface area contributed by atoms with Gasteiger partial charge >= 0.3 is 0 Å². The van der Waals surface area contributed by atoms with Crippen LogP contribution in [0.5, 0.6) is 0 Å². The first-order valence-electron chi connectivity index (χ1n) is 11.9. The number of nitrogens with zero attached hydrogens (tertiary/aromatic N) is 4. The molecule has 2 aromatic carbocycles. The van der Waals surface area contributed by atoms with Crippen molar-refractivity contribution in [1.82, 2.24) is 19.6 Å². The lowest BCUT2D eigenvalue weighted by atomic mass is 9.95. The molecule has 0 saturated carbocycles. The molecule has 8 nitrogen and oxygen atoms in total. The average molecular weight is 491 g/mol. The van der Waals surface area contributed by atoms with E-state index in [1.165, 1.54) is 29.3 Å². The molecule has 5 rings (SSSR count). The number of carbonyl (C=O) groups excluding carboxylic acids is 2. The van der Waals surface area contributed by atoms with Crippen molar-refractivity contribution in [3.8, 4) is 5.69 Å². The van der Waals surface area contributed by atoms with Crippen molar-refractivity contribution in [3.63, 3.8) is 0 Å². The Kier molecular flexibility index (Phi) is 6.67. The van der Waals surface area contributed by atoms with Crippen LogP contribution in [0.4, 0.5) is 4.39 Å². The van der Waals surface area contributed by atoms with Gasteiger partial charge in [-0.05, 0) is 36.8 Å². The number of rotatable bonds is 6. The van der Waals surface area contributed by atoms with Gasteiger partial charge in [-0.25, -0.2) is 9.07 Å². The van der Waals surface area contributed by atoms with Crippen LogP contribution in [-0.2, 0) is 14.3 Å². The molecule has 1 amide bonds. The highest BCUT2D eigenvalue weighted by atomic mass is 19.1. The SMILES string of the molecule is Cc1c(/C(O)=C2\C(=O)C(=O)N(CCN3CCOCC3)C2c2cccc(F)c2)cnn1-c1ccccc1. The summed E-state index contributed by atoms with van der Waals surface area (Å²) in [6, 6.07) is 14.3. The maximum atomic E-state index is 14.2. The van der Waals surface area contributed by atoms with E-state index in [1.807, 2.05) is 30.3 Å². The van der Waals surface area contributed by atoms with E-state index in [0.29, 0.717) is 36.6 Å². The monoisotopic (exact) mass is 490 g/mol. The first kappa shape index (κ1) is 23.9. The Morgan fingerprint density at radius 2 is 1.83 bits per heavy atom. The summed E-state index contributed by atoms with van der Waals surface area (Å²) < 4.78 is 21.3. The van der Waals surface area contributed by atoms with Crippen LogP contribution in [0.2, 0.25) is 0 Å². The fraction of sp³-hybridized carbons (Fsp3) is 0.296. The van der Waals surface area contributed by atoms with Crippen molar-refractivity contribution in [2.24, 2.45) is 0 Å². The van der Waals surface area contributed by atoms with E-state index in [0.717, 1.165) is 18.8 Å². The second kappa shape index (κ2) is 10.0. The Morgan fingerprint density at radius 3 is 2.56 bits per heavy atom. The molecule has 2 fully saturated rings. The molecule has 1 aromatic heterocycles. The van der Waals surface area contributed by atoms with Crippen LogP contribution in [0.3, 0.4) is 0 Å². The highest BCUT2D eigenvalue weighted by molar-refractivity contribution is 6.46. The maximum absolute atomic E-state index is 14.2. The minimum Gasteiger partial charge on any atom is -0.507 e. The topological polar surface area (TPSA) is 87.9 Å². The van der Waals surface area contributed by atoms with E-state index in [4.69, 9.17) is 4.74 Å². The predicted octanol–water partition coefficient (Wildman–Crippen LogP) is 3.07. The zero-order chi connectivity index (χ0) is 25.2. The zero-order valence-electron chi connectivity index (χ0n) is 19.9. The Labute approximate surface area is 208 Å². The number of likely N-dealkylation sites (tertiary alicyclic amines) is 1. The minimum atomic E-state index is -0.916. The van der Waals surface area contributed by atoms with Crippen molar-refractivity contribution in [1.29, 1.82) is 0 Å². The van der Waals surface area contributed by atoms with E-state index in [9.17, 15) is 19.1 Å². The number of aromatic nitrogens is 2. The van der Waals surface area contributed by atoms with Gasteiger partial charge in [0.05, 0.1) is 48.0 Å². The number of amides is 1. The van der Waals surface area contributed by atoms with Crippen molar-refractivity contribution in [2.45, 2.75) is 13.0 Å². The summed E-state index contributed by atoms with van der Waals surface area (Å²) in [7, 11) is 0. The molecule has 1 N–H and O–H groups in total. The average Bonchev–Trinajstić information content (AvgIpc) is 3.40. The van der Waals surface area contributed by atoms with E-state index in [2.05, 4.69) is 10.00 Å². The number of para-hydroxylation sites is 1. The fourth-order valence-electron chi connectivity index (χ4n) is 4.82. The van der Waals surface area contributed by atoms with Gasteiger partial charge in [0.2, 0.25) is 0 Å². The Bertz CT molecular complexity index is 1310. The molecule has 36 heavy (non-hydrogen) atoms. The van der Waals surface area contributed by atoms with E-state index in [1.54, 1.807) is 17.7 Å². The van der Waals surface area contributed by atoms with Crippen molar-refractivity contribution >= 4 is 17.4 Å². The lowest BCUT2D eigenvalue weighted by Crippen LogP contribution is -2.42. The summed E-state index contributed by atoms with van der Waals surface area (Å²) in [6.07, 6.45) is 1.47. The maximum Gasteiger partial charge on any atom is 0.295 e. The number of ether oxygens (including phenoxy) is 1. The van der Waals surface area contributed by atoms with E-state index in [-0.39, 0.29) is 17.9 Å². The molecular formula is C27H27FN4O4. The molecule has 3 aromatic rings. The van der Waals surface area contributed by atoms with E-state index >= 15 is 0 Å². The summed E-state index contributed by atoms with van der Waals surface area (Å²) in [5.41, 5.74) is 2.10. The summed E-state index contributed by atoms with van der Waals surface area (Å²) in [6.45, 7) is 5.24. The van der Waals surface area contributed by atoms with Crippen LogP contribution in [0, 0.1) is 12.7 Å². The number of hydrogen-bond acceptors (Lipinski definition) is 6. The lowest BCUT2D eigenvalue weighted by Gasteiger charge is -2.31. The smallest absolute Gasteiger partial charge is 0.295 e. The number of hydrogen-bond donors (Lipinski definition) is 1. The van der Waals surface area contributed by atoms with Crippen molar-refractivity contribution < 1.29 is 23.8 Å². The predicted molar refractivity (Wildman–Crippen MR) is 131 cm³/mol. The van der Waals surface area contributed by atoms with Gasteiger partial charge < -0.3 is 14.7 Å². The third-order valence-corrected chi connectivity index (χ3v) is 6.73. The third-order valence-electron chi connectivity index (χ3n) is 6.73. The first-order chi connectivity index (χ1) is 17.5. The van der Waals surface area contributed by atoms with Crippen molar-refractivity contribution in [2.75, 3.05) is 39.4 Å². The molecule has 1 unspecified atom stereocenters. The standard InChI is InChI=1S/C27H27FN4O4/c1-18-22(17-29-32(18)21-8-3-2-4-9-21)25(33)23-24(19-6-5-7-20(28)16-19)31(27(35)26(23)34)11-10-30-12-14-36-15-13-30/h2-9,16-17,24,33H,10-15H2,1H3/b25-23+. The molecule has 9 heteroatoms. The third kappa shape index (κ3) is 4.43. The summed E-state index contributed by atoms with van der Waals surface area (Å²) >= 11 is 0.